The van der Waals surface area contributed by atoms with Gasteiger partial charge in [0.2, 0.25) is 0 Å². The van der Waals surface area contributed by atoms with Gasteiger partial charge >= 0.3 is 5.97 Å². The summed E-state index contributed by atoms with van der Waals surface area (Å²) in [5, 5.41) is 0. The van der Waals surface area contributed by atoms with Gasteiger partial charge in [-0.05, 0) is 80.6 Å². The molecule has 0 spiro atoms. The summed E-state index contributed by atoms with van der Waals surface area (Å²) in [6, 6.07) is 0. The van der Waals surface area contributed by atoms with Crippen molar-refractivity contribution < 1.29 is 14.3 Å². The van der Waals surface area contributed by atoms with Gasteiger partial charge in [0.05, 0.1) is 0 Å². The highest BCUT2D eigenvalue weighted by atomic mass is 16.5. The Kier molecular flexibility index (Phi) is 8.06. The van der Waals surface area contributed by atoms with Gasteiger partial charge in [-0.15, -0.1) is 0 Å². The monoisotopic (exact) mass is 456 g/mol. The molecule has 3 saturated carbocycles. The van der Waals surface area contributed by atoms with Gasteiger partial charge in [0.15, 0.2) is 5.78 Å². The maximum absolute atomic E-state index is 12.7. The van der Waals surface area contributed by atoms with Crippen molar-refractivity contribution in [3.8, 4) is 0 Å². The summed E-state index contributed by atoms with van der Waals surface area (Å²) in [5.41, 5.74) is 1.82. The Morgan fingerprint density at radius 1 is 0.909 bits per heavy atom. The Morgan fingerprint density at radius 3 is 2.39 bits per heavy atom. The standard InChI is InChI=1S/C30H48O3/c1-4-5-6-7-8-9-10-11-12-28(32)33-27-16-15-25-24-14-13-22-21-23(31)17-19-29(22,2)26(24)18-20-30(25,27)3/h21,24-27H,4-20H2,1-3H3/t24-,25-,26-,27?,29-,30-/m0/s1. The first kappa shape index (κ1) is 25.0. The molecule has 0 saturated heterocycles. The van der Waals surface area contributed by atoms with Crippen LogP contribution >= 0.6 is 0 Å². The predicted octanol–water partition coefficient (Wildman–Crippen LogP) is 7.96. The van der Waals surface area contributed by atoms with Gasteiger partial charge in [0.25, 0.3) is 0 Å². The zero-order valence-electron chi connectivity index (χ0n) is 21.6. The van der Waals surface area contributed by atoms with E-state index >= 15 is 0 Å². The molecule has 3 fully saturated rings. The Hall–Kier alpha value is -1.12. The minimum absolute atomic E-state index is 0.0431. The summed E-state index contributed by atoms with van der Waals surface area (Å²) >= 11 is 0. The van der Waals surface area contributed by atoms with E-state index < -0.39 is 0 Å². The Labute approximate surface area is 202 Å². The molecule has 0 bridgehead atoms. The van der Waals surface area contributed by atoms with Crippen LogP contribution in [0, 0.1) is 28.6 Å². The summed E-state index contributed by atoms with van der Waals surface area (Å²) < 4.78 is 6.17. The highest BCUT2D eigenvalue weighted by Gasteiger charge is 2.59. The number of hydrogen-bond donors (Lipinski definition) is 0. The van der Waals surface area contributed by atoms with Gasteiger partial charge in [-0.3, -0.25) is 9.59 Å². The highest BCUT2D eigenvalue weighted by Crippen LogP contribution is 2.65. The molecule has 0 aliphatic heterocycles. The minimum Gasteiger partial charge on any atom is -0.462 e. The Bertz CT molecular complexity index is 739. The number of esters is 1. The van der Waals surface area contributed by atoms with Crippen molar-refractivity contribution in [2.45, 2.75) is 136 Å². The molecular weight excluding hydrogens is 408 g/mol. The van der Waals surface area contributed by atoms with Crippen molar-refractivity contribution in [3.05, 3.63) is 11.6 Å². The molecule has 3 nitrogen and oxygen atoms in total. The third-order valence-corrected chi connectivity index (χ3v) is 10.4. The average molecular weight is 457 g/mol. The first-order valence-corrected chi connectivity index (χ1v) is 14.3. The second-order valence-electron chi connectivity index (χ2n) is 12.3. The summed E-state index contributed by atoms with van der Waals surface area (Å²) in [6.45, 7) is 7.13. The molecule has 3 heteroatoms. The first-order valence-electron chi connectivity index (χ1n) is 14.3. The lowest BCUT2D eigenvalue weighted by Gasteiger charge is -2.57. The van der Waals surface area contributed by atoms with Crippen LogP contribution in [0.1, 0.15) is 130 Å². The number of carbonyl (C=O) groups excluding carboxylic acids is 2. The SMILES string of the molecule is CCCCCCCCCCC(=O)OC1CC[C@H]2[C@@H]3CCC4=CC(=O)CC[C@]4(C)[C@H]3CC[C@]12C. The molecule has 0 amide bonds. The van der Waals surface area contributed by atoms with E-state index in [4.69, 9.17) is 4.74 Å². The van der Waals surface area contributed by atoms with E-state index in [-0.39, 0.29) is 22.9 Å². The van der Waals surface area contributed by atoms with E-state index in [1.54, 1.807) is 0 Å². The van der Waals surface area contributed by atoms with Gasteiger partial charge < -0.3 is 4.74 Å². The van der Waals surface area contributed by atoms with Crippen molar-refractivity contribution >= 4 is 11.8 Å². The normalized spacial score (nSPS) is 37.7. The van der Waals surface area contributed by atoms with Crippen molar-refractivity contribution in [2.75, 3.05) is 0 Å². The van der Waals surface area contributed by atoms with Crippen LogP contribution in [0.25, 0.3) is 0 Å². The van der Waals surface area contributed by atoms with E-state index in [9.17, 15) is 9.59 Å². The third kappa shape index (κ3) is 5.13. The summed E-state index contributed by atoms with van der Waals surface area (Å²) in [6.07, 6.45) is 21.5. The fraction of sp³-hybridized carbons (Fsp3) is 0.867. The second kappa shape index (κ2) is 10.6. The van der Waals surface area contributed by atoms with Crippen LogP contribution in [-0.2, 0) is 14.3 Å². The van der Waals surface area contributed by atoms with Crippen LogP contribution in [-0.4, -0.2) is 17.9 Å². The van der Waals surface area contributed by atoms with E-state index in [0.29, 0.717) is 24.0 Å². The fourth-order valence-electron chi connectivity index (χ4n) is 8.33. The van der Waals surface area contributed by atoms with Gasteiger partial charge in [0, 0.05) is 18.3 Å². The largest absolute Gasteiger partial charge is 0.462 e. The van der Waals surface area contributed by atoms with Crippen LogP contribution in [0.2, 0.25) is 0 Å². The number of unbranched alkanes of at least 4 members (excludes halogenated alkanes) is 7. The molecule has 0 heterocycles. The van der Waals surface area contributed by atoms with Gasteiger partial charge in [-0.25, -0.2) is 0 Å². The molecule has 1 unspecified atom stereocenters. The topological polar surface area (TPSA) is 43.4 Å². The van der Waals surface area contributed by atoms with Gasteiger partial charge in [-0.1, -0.05) is 71.3 Å². The van der Waals surface area contributed by atoms with Crippen LogP contribution < -0.4 is 0 Å². The molecule has 0 aromatic rings. The van der Waals surface area contributed by atoms with E-state index in [0.717, 1.165) is 44.4 Å². The van der Waals surface area contributed by atoms with Crippen molar-refractivity contribution in [3.63, 3.8) is 0 Å². The van der Waals surface area contributed by atoms with E-state index in [1.165, 1.54) is 69.8 Å². The smallest absolute Gasteiger partial charge is 0.306 e. The lowest BCUT2D eigenvalue weighted by molar-refractivity contribution is -0.160. The minimum atomic E-state index is 0.0431. The third-order valence-electron chi connectivity index (χ3n) is 10.4. The molecule has 33 heavy (non-hydrogen) atoms. The number of carbonyl (C=O) groups is 2. The zero-order valence-corrected chi connectivity index (χ0v) is 21.6. The molecule has 0 N–H and O–H groups in total. The van der Waals surface area contributed by atoms with E-state index in [1.807, 2.05) is 6.08 Å². The summed E-state index contributed by atoms with van der Waals surface area (Å²) in [5.74, 6) is 2.49. The second-order valence-corrected chi connectivity index (χ2v) is 12.3. The molecule has 186 valence electrons. The van der Waals surface area contributed by atoms with Crippen molar-refractivity contribution in [1.29, 1.82) is 0 Å². The molecule has 6 atom stereocenters. The van der Waals surface area contributed by atoms with Crippen LogP contribution in [0.5, 0.6) is 0 Å². The Morgan fingerprint density at radius 2 is 1.64 bits per heavy atom. The van der Waals surface area contributed by atoms with Crippen molar-refractivity contribution in [1.82, 2.24) is 0 Å². The van der Waals surface area contributed by atoms with Gasteiger partial charge in [-0.2, -0.15) is 0 Å². The quantitative estimate of drug-likeness (QED) is 0.247. The number of ketones is 1. The summed E-state index contributed by atoms with van der Waals surface area (Å²) in [7, 11) is 0. The molecule has 0 radical (unpaired) electrons. The Balaban J connectivity index is 1.27. The molecule has 0 aromatic heterocycles. The number of allylic oxidation sites excluding steroid dienone is 1. The molecule has 4 aliphatic carbocycles. The highest BCUT2D eigenvalue weighted by molar-refractivity contribution is 5.91. The molecule has 4 aliphatic rings. The predicted molar refractivity (Wildman–Crippen MR) is 134 cm³/mol. The number of ether oxygens (including phenoxy) is 1. The fourth-order valence-corrected chi connectivity index (χ4v) is 8.33. The zero-order chi connectivity index (χ0) is 23.5. The number of rotatable bonds is 10. The number of hydrogen-bond acceptors (Lipinski definition) is 3. The van der Waals surface area contributed by atoms with E-state index in [2.05, 4.69) is 20.8 Å². The number of fused-ring (bicyclic) bond motifs is 5. The van der Waals surface area contributed by atoms with Gasteiger partial charge in [0.1, 0.15) is 6.10 Å². The van der Waals surface area contributed by atoms with Crippen LogP contribution in [0.15, 0.2) is 11.6 Å². The average Bonchev–Trinajstić information content (AvgIpc) is 3.12. The van der Waals surface area contributed by atoms with Crippen molar-refractivity contribution in [2.24, 2.45) is 28.6 Å². The maximum atomic E-state index is 12.7. The lowest BCUT2D eigenvalue weighted by Crippen LogP contribution is -2.51. The van der Waals surface area contributed by atoms with Crippen LogP contribution in [0.3, 0.4) is 0 Å². The molecule has 4 rings (SSSR count). The summed E-state index contributed by atoms with van der Waals surface area (Å²) in [4.78, 5) is 24.7. The maximum Gasteiger partial charge on any atom is 0.306 e. The molecule has 0 aromatic carbocycles. The lowest BCUT2D eigenvalue weighted by atomic mass is 9.47. The first-order chi connectivity index (χ1) is 15.9. The molecular formula is C30H48O3. The van der Waals surface area contributed by atoms with Crippen LogP contribution in [0.4, 0.5) is 0 Å².